The molecule has 6 nitrogen and oxygen atoms in total. The van der Waals surface area contributed by atoms with Crippen molar-refractivity contribution in [3.8, 4) is 0 Å². The molecule has 92 valence electrons. The smallest absolute Gasteiger partial charge is 0.226 e. The summed E-state index contributed by atoms with van der Waals surface area (Å²) in [5, 5.41) is 12.6. The third-order valence-corrected chi connectivity index (χ3v) is 3.28. The van der Waals surface area contributed by atoms with Crippen LogP contribution in [0.25, 0.3) is 0 Å². The Kier molecular flexibility index (Phi) is 4.13. The molecule has 0 spiro atoms. The van der Waals surface area contributed by atoms with Gasteiger partial charge in [-0.25, -0.2) is 0 Å². The van der Waals surface area contributed by atoms with Crippen molar-refractivity contribution in [1.82, 2.24) is 24.9 Å². The minimum absolute atomic E-state index is 0.655. The van der Waals surface area contributed by atoms with Crippen LogP contribution >= 0.6 is 11.8 Å². The van der Waals surface area contributed by atoms with Gasteiger partial charge in [0.25, 0.3) is 0 Å². The Morgan fingerprint density at radius 2 is 2.35 bits per heavy atom. The molecule has 0 aliphatic heterocycles. The van der Waals surface area contributed by atoms with Crippen molar-refractivity contribution in [3.05, 3.63) is 18.0 Å². The van der Waals surface area contributed by atoms with E-state index in [1.165, 1.54) is 0 Å². The topological polar surface area (TPSA) is 69.6 Å². The van der Waals surface area contributed by atoms with Crippen LogP contribution < -0.4 is 0 Å². The lowest BCUT2D eigenvalue weighted by Crippen LogP contribution is -1.91. The van der Waals surface area contributed by atoms with Crippen LogP contribution in [0.1, 0.15) is 31.5 Å². The first-order valence-electron chi connectivity index (χ1n) is 5.58. The molecular formula is C10H15N5OS. The molecule has 2 aromatic rings. The minimum atomic E-state index is 0.655. The average molecular weight is 253 g/mol. The molecule has 0 saturated heterocycles. The van der Waals surface area contributed by atoms with Gasteiger partial charge in [-0.2, -0.15) is 4.98 Å². The Morgan fingerprint density at radius 3 is 3.06 bits per heavy atom. The Balaban J connectivity index is 1.87. The third kappa shape index (κ3) is 3.29. The first-order valence-corrected chi connectivity index (χ1v) is 6.56. The van der Waals surface area contributed by atoms with Gasteiger partial charge in [0, 0.05) is 13.5 Å². The standard InChI is InChI=1S/C10H15N5OS/c1-3-4-5-9-12-8(14-16-9)6-17-10-13-11-7-15(10)2/h7H,3-6H2,1-2H3. The van der Waals surface area contributed by atoms with Crippen LogP contribution in [0.4, 0.5) is 0 Å². The molecule has 2 rings (SSSR count). The number of hydrogen-bond acceptors (Lipinski definition) is 6. The predicted molar refractivity (Wildman–Crippen MR) is 63.5 cm³/mol. The molecular weight excluding hydrogens is 238 g/mol. The highest BCUT2D eigenvalue weighted by Crippen LogP contribution is 2.18. The second-order valence-electron chi connectivity index (χ2n) is 3.72. The number of hydrogen-bond donors (Lipinski definition) is 0. The van der Waals surface area contributed by atoms with Crippen LogP contribution in [0.2, 0.25) is 0 Å². The zero-order chi connectivity index (χ0) is 12.1. The van der Waals surface area contributed by atoms with Crippen molar-refractivity contribution in [2.75, 3.05) is 0 Å². The van der Waals surface area contributed by atoms with Gasteiger partial charge in [0.1, 0.15) is 6.33 Å². The van der Waals surface area contributed by atoms with Gasteiger partial charge < -0.3 is 9.09 Å². The van der Waals surface area contributed by atoms with Crippen molar-refractivity contribution in [3.63, 3.8) is 0 Å². The number of aromatic nitrogens is 5. The van der Waals surface area contributed by atoms with Gasteiger partial charge in [0.15, 0.2) is 11.0 Å². The zero-order valence-electron chi connectivity index (χ0n) is 9.96. The molecule has 0 amide bonds. The molecule has 0 radical (unpaired) electrons. The minimum Gasteiger partial charge on any atom is -0.339 e. The van der Waals surface area contributed by atoms with E-state index in [9.17, 15) is 0 Å². The molecule has 0 bridgehead atoms. The Labute approximate surface area is 104 Å². The van der Waals surface area contributed by atoms with E-state index < -0.39 is 0 Å². The van der Waals surface area contributed by atoms with E-state index in [0.29, 0.717) is 11.6 Å². The van der Waals surface area contributed by atoms with Crippen molar-refractivity contribution in [1.29, 1.82) is 0 Å². The lowest BCUT2D eigenvalue weighted by atomic mass is 10.2. The first kappa shape index (κ1) is 12.1. The fraction of sp³-hybridized carbons (Fsp3) is 0.600. The van der Waals surface area contributed by atoms with Gasteiger partial charge in [-0.3, -0.25) is 0 Å². The number of thioether (sulfide) groups is 1. The summed E-state index contributed by atoms with van der Waals surface area (Å²) in [5.41, 5.74) is 0. The van der Waals surface area contributed by atoms with Gasteiger partial charge in [0.2, 0.25) is 5.89 Å². The molecule has 0 aliphatic carbocycles. The number of rotatable bonds is 6. The van der Waals surface area contributed by atoms with Crippen LogP contribution in [0.5, 0.6) is 0 Å². The Morgan fingerprint density at radius 1 is 1.47 bits per heavy atom. The fourth-order valence-corrected chi connectivity index (χ4v) is 2.04. The SMILES string of the molecule is CCCCc1nc(CSc2nncn2C)no1. The van der Waals surface area contributed by atoms with E-state index in [1.807, 2.05) is 11.6 Å². The molecule has 0 N–H and O–H groups in total. The van der Waals surface area contributed by atoms with Gasteiger partial charge >= 0.3 is 0 Å². The second kappa shape index (κ2) is 5.81. The van der Waals surface area contributed by atoms with Gasteiger partial charge in [-0.15, -0.1) is 10.2 Å². The summed E-state index contributed by atoms with van der Waals surface area (Å²) in [4.78, 5) is 4.32. The highest BCUT2D eigenvalue weighted by Gasteiger charge is 2.08. The van der Waals surface area contributed by atoms with E-state index in [2.05, 4.69) is 27.3 Å². The summed E-state index contributed by atoms with van der Waals surface area (Å²) in [5.74, 6) is 2.09. The largest absolute Gasteiger partial charge is 0.339 e. The number of nitrogens with zero attached hydrogens (tertiary/aromatic N) is 5. The summed E-state index contributed by atoms with van der Waals surface area (Å²) < 4.78 is 7.01. The van der Waals surface area contributed by atoms with Crippen molar-refractivity contribution in [2.45, 2.75) is 37.1 Å². The van der Waals surface area contributed by atoms with Crippen LogP contribution in [0, 0.1) is 0 Å². The predicted octanol–water partition coefficient (Wildman–Crippen LogP) is 1.83. The molecule has 0 fully saturated rings. The van der Waals surface area contributed by atoms with E-state index in [4.69, 9.17) is 4.52 Å². The van der Waals surface area contributed by atoms with Gasteiger partial charge in [-0.1, -0.05) is 30.3 Å². The number of aryl methyl sites for hydroxylation is 2. The zero-order valence-corrected chi connectivity index (χ0v) is 10.8. The van der Waals surface area contributed by atoms with E-state index in [-0.39, 0.29) is 0 Å². The highest BCUT2D eigenvalue weighted by molar-refractivity contribution is 7.98. The highest BCUT2D eigenvalue weighted by atomic mass is 32.2. The van der Waals surface area contributed by atoms with Crippen LogP contribution in [-0.2, 0) is 19.2 Å². The lowest BCUT2D eigenvalue weighted by molar-refractivity contribution is 0.371. The molecule has 0 atom stereocenters. The molecule has 2 aromatic heterocycles. The molecule has 0 unspecified atom stereocenters. The summed E-state index contributed by atoms with van der Waals surface area (Å²) in [6.45, 7) is 2.14. The normalized spacial score (nSPS) is 10.9. The van der Waals surface area contributed by atoms with Crippen LogP contribution in [-0.4, -0.2) is 24.9 Å². The molecule has 7 heteroatoms. The molecule has 0 aliphatic rings. The second-order valence-corrected chi connectivity index (χ2v) is 4.66. The van der Waals surface area contributed by atoms with Crippen molar-refractivity contribution < 1.29 is 4.52 Å². The quantitative estimate of drug-likeness (QED) is 0.731. The summed E-state index contributed by atoms with van der Waals surface area (Å²) in [6, 6.07) is 0. The monoisotopic (exact) mass is 253 g/mol. The molecule has 0 aromatic carbocycles. The number of unbranched alkanes of at least 4 members (excludes halogenated alkanes) is 1. The summed E-state index contributed by atoms with van der Waals surface area (Å²) >= 11 is 1.55. The summed E-state index contributed by atoms with van der Waals surface area (Å²) in [6.07, 6.45) is 4.74. The molecule has 2 heterocycles. The van der Waals surface area contributed by atoms with E-state index in [0.717, 1.165) is 30.3 Å². The van der Waals surface area contributed by atoms with Crippen molar-refractivity contribution >= 4 is 11.8 Å². The van der Waals surface area contributed by atoms with Crippen LogP contribution in [0.15, 0.2) is 16.0 Å². The fourth-order valence-electron chi connectivity index (χ4n) is 1.31. The average Bonchev–Trinajstić information content (AvgIpc) is 2.93. The van der Waals surface area contributed by atoms with Crippen molar-refractivity contribution in [2.24, 2.45) is 7.05 Å². The maximum atomic E-state index is 5.15. The molecule has 0 saturated carbocycles. The Bertz CT molecular complexity index is 467. The van der Waals surface area contributed by atoms with E-state index >= 15 is 0 Å². The third-order valence-electron chi connectivity index (χ3n) is 2.25. The maximum absolute atomic E-state index is 5.15. The van der Waals surface area contributed by atoms with Gasteiger partial charge in [0.05, 0.1) is 5.75 Å². The first-order chi connectivity index (χ1) is 8.29. The summed E-state index contributed by atoms with van der Waals surface area (Å²) in [7, 11) is 1.91. The molecule has 17 heavy (non-hydrogen) atoms. The van der Waals surface area contributed by atoms with E-state index in [1.54, 1.807) is 18.1 Å². The maximum Gasteiger partial charge on any atom is 0.226 e. The van der Waals surface area contributed by atoms with Gasteiger partial charge in [-0.05, 0) is 6.42 Å². The lowest BCUT2D eigenvalue weighted by Gasteiger charge is -1.95. The van der Waals surface area contributed by atoms with Crippen LogP contribution in [0.3, 0.4) is 0 Å². The Hall–Kier alpha value is -1.37.